The third kappa shape index (κ3) is 5.59. The average Bonchev–Trinajstić information content (AvgIpc) is 3.09. The SMILES string of the molecule is O=C(COCCNC(=O)OCC1c2ccccc2-c2ccccc21)NC(CO)C(=O)O. The van der Waals surface area contributed by atoms with E-state index in [9.17, 15) is 14.4 Å². The molecular formula is C22H24N2O7. The minimum absolute atomic E-state index is 0.0354. The Kier molecular flexibility index (Phi) is 7.58. The molecule has 4 N–H and O–H groups in total. The number of fused-ring (bicyclic) bond motifs is 3. The second-order valence-electron chi connectivity index (χ2n) is 6.95. The molecule has 0 heterocycles. The van der Waals surface area contributed by atoms with Crippen LogP contribution in [0.2, 0.25) is 0 Å². The van der Waals surface area contributed by atoms with E-state index in [1.807, 2.05) is 36.4 Å². The quantitative estimate of drug-likeness (QED) is 0.416. The van der Waals surface area contributed by atoms with Gasteiger partial charge < -0.3 is 30.3 Å². The van der Waals surface area contributed by atoms with Gasteiger partial charge >= 0.3 is 12.1 Å². The molecule has 9 heteroatoms. The lowest BCUT2D eigenvalue weighted by Crippen LogP contribution is -2.45. The van der Waals surface area contributed by atoms with Crippen molar-refractivity contribution in [1.82, 2.24) is 10.6 Å². The number of ether oxygens (including phenoxy) is 2. The normalized spacial score (nSPS) is 13.1. The molecule has 3 rings (SSSR count). The molecule has 31 heavy (non-hydrogen) atoms. The number of hydrogen-bond acceptors (Lipinski definition) is 6. The maximum atomic E-state index is 12.0. The van der Waals surface area contributed by atoms with Gasteiger partial charge in [0.2, 0.25) is 5.91 Å². The van der Waals surface area contributed by atoms with Crippen molar-refractivity contribution in [3.8, 4) is 11.1 Å². The van der Waals surface area contributed by atoms with Gasteiger partial charge in [0.25, 0.3) is 0 Å². The number of alkyl carbamates (subject to hydrolysis) is 1. The molecule has 2 aromatic carbocycles. The summed E-state index contributed by atoms with van der Waals surface area (Å²) in [5.41, 5.74) is 4.53. The molecular weight excluding hydrogens is 404 g/mol. The summed E-state index contributed by atoms with van der Waals surface area (Å²) in [6.07, 6.45) is -0.596. The first-order valence-electron chi connectivity index (χ1n) is 9.81. The van der Waals surface area contributed by atoms with E-state index >= 15 is 0 Å². The van der Waals surface area contributed by atoms with Crippen LogP contribution in [0.1, 0.15) is 17.0 Å². The van der Waals surface area contributed by atoms with Crippen LogP contribution in [-0.4, -0.2) is 67.2 Å². The fourth-order valence-corrected chi connectivity index (χ4v) is 3.46. The van der Waals surface area contributed by atoms with Crippen LogP contribution in [-0.2, 0) is 19.1 Å². The third-order valence-corrected chi connectivity index (χ3v) is 4.91. The maximum absolute atomic E-state index is 12.0. The Balaban J connectivity index is 1.39. The Morgan fingerprint density at radius 1 is 1.00 bits per heavy atom. The van der Waals surface area contributed by atoms with Crippen molar-refractivity contribution >= 4 is 18.0 Å². The van der Waals surface area contributed by atoms with E-state index in [1.54, 1.807) is 0 Å². The summed E-state index contributed by atoms with van der Waals surface area (Å²) in [7, 11) is 0. The van der Waals surface area contributed by atoms with Crippen molar-refractivity contribution in [2.45, 2.75) is 12.0 Å². The summed E-state index contributed by atoms with van der Waals surface area (Å²) in [5, 5.41) is 22.3. The first kappa shape index (κ1) is 22.3. The van der Waals surface area contributed by atoms with Crippen LogP contribution >= 0.6 is 0 Å². The highest BCUT2D eigenvalue weighted by molar-refractivity contribution is 5.84. The summed E-state index contributed by atoms with van der Waals surface area (Å²) in [5.74, 6) is -2.05. The van der Waals surface area contributed by atoms with Gasteiger partial charge in [0.05, 0.1) is 13.2 Å². The van der Waals surface area contributed by atoms with E-state index in [0.29, 0.717) is 0 Å². The second kappa shape index (κ2) is 10.6. The molecule has 0 saturated heterocycles. The molecule has 0 aromatic heterocycles. The molecule has 0 fully saturated rings. The lowest BCUT2D eigenvalue weighted by atomic mass is 9.98. The van der Waals surface area contributed by atoms with Crippen LogP contribution < -0.4 is 10.6 Å². The molecule has 0 spiro atoms. The zero-order chi connectivity index (χ0) is 22.2. The predicted octanol–water partition coefficient (Wildman–Crippen LogP) is 1.10. The van der Waals surface area contributed by atoms with E-state index in [4.69, 9.17) is 19.7 Å². The topological polar surface area (TPSA) is 134 Å². The molecule has 1 aliphatic rings. The number of hydrogen-bond donors (Lipinski definition) is 4. The minimum Gasteiger partial charge on any atom is -0.480 e. The van der Waals surface area contributed by atoms with Gasteiger partial charge in [-0.3, -0.25) is 4.79 Å². The highest BCUT2D eigenvalue weighted by atomic mass is 16.5. The van der Waals surface area contributed by atoms with Gasteiger partial charge in [-0.25, -0.2) is 9.59 Å². The number of carbonyl (C=O) groups excluding carboxylic acids is 2. The largest absolute Gasteiger partial charge is 0.480 e. The zero-order valence-corrected chi connectivity index (χ0v) is 16.7. The number of carboxylic acid groups (broad SMARTS) is 1. The van der Waals surface area contributed by atoms with E-state index < -0.39 is 37.2 Å². The smallest absolute Gasteiger partial charge is 0.407 e. The number of aliphatic hydroxyl groups is 1. The van der Waals surface area contributed by atoms with E-state index in [-0.39, 0.29) is 25.7 Å². The fraction of sp³-hybridized carbons (Fsp3) is 0.318. The Hall–Kier alpha value is -3.43. The third-order valence-electron chi connectivity index (χ3n) is 4.91. The van der Waals surface area contributed by atoms with Gasteiger partial charge in [-0.2, -0.15) is 0 Å². The van der Waals surface area contributed by atoms with Crippen molar-refractivity contribution in [2.75, 3.05) is 33.0 Å². The van der Waals surface area contributed by atoms with Gasteiger partial charge in [0, 0.05) is 12.5 Å². The number of aliphatic hydroxyl groups excluding tert-OH is 1. The standard InChI is InChI=1S/C22H24N2O7/c25-11-19(21(27)28)24-20(26)13-30-10-9-23-22(29)31-12-18-16-7-3-1-5-14(16)15-6-2-4-8-17(15)18/h1-8,18-19,25H,9-13H2,(H,23,29)(H,24,26)(H,27,28). The van der Waals surface area contributed by atoms with Gasteiger partial charge in [-0.15, -0.1) is 0 Å². The number of amides is 2. The molecule has 1 aliphatic carbocycles. The molecule has 164 valence electrons. The molecule has 1 atom stereocenters. The van der Waals surface area contributed by atoms with Crippen LogP contribution in [0.5, 0.6) is 0 Å². The van der Waals surface area contributed by atoms with Gasteiger partial charge in [0.1, 0.15) is 19.3 Å². The Labute approximate surface area is 179 Å². The summed E-state index contributed by atoms with van der Waals surface area (Å²) in [6.45, 7) is -0.762. The van der Waals surface area contributed by atoms with E-state index in [0.717, 1.165) is 22.3 Å². The minimum atomic E-state index is -1.38. The van der Waals surface area contributed by atoms with Gasteiger partial charge in [-0.1, -0.05) is 48.5 Å². The Bertz CT molecular complexity index is 901. The highest BCUT2D eigenvalue weighted by Crippen LogP contribution is 2.44. The van der Waals surface area contributed by atoms with E-state index in [1.165, 1.54) is 0 Å². The summed E-state index contributed by atoms with van der Waals surface area (Å²) < 4.78 is 10.5. The number of carbonyl (C=O) groups is 3. The molecule has 0 saturated carbocycles. The molecule has 0 aliphatic heterocycles. The summed E-state index contributed by atoms with van der Waals surface area (Å²) in [4.78, 5) is 34.3. The van der Waals surface area contributed by atoms with Crippen molar-refractivity contribution in [3.05, 3.63) is 59.7 Å². The van der Waals surface area contributed by atoms with Gasteiger partial charge in [0.15, 0.2) is 0 Å². The predicted molar refractivity (Wildman–Crippen MR) is 111 cm³/mol. The van der Waals surface area contributed by atoms with Crippen LogP contribution in [0.15, 0.2) is 48.5 Å². The summed E-state index contributed by atoms with van der Waals surface area (Å²) in [6, 6.07) is 14.7. The van der Waals surface area contributed by atoms with Crippen molar-refractivity contribution in [3.63, 3.8) is 0 Å². The molecule has 0 bridgehead atoms. The number of aliphatic carboxylic acids is 1. The first-order valence-corrected chi connectivity index (χ1v) is 9.81. The first-order chi connectivity index (χ1) is 15.0. The fourth-order valence-electron chi connectivity index (χ4n) is 3.46. The molecule has 1 unspecified atom stereocenters. The number of nitrogens with one attached hydrogen (secondary N) is 2. The maximum Gasteiger partial charge on any atom is 0.407 e. The summed E-state index contributed by atoms with van der Waals surface area (Å²) >= 11 is 0. The lowest BCUT2D eigenvalue weighted by molar-refractivity contribution is -0.143. The van der Waals surface area contributed by atoms with Crippen molar-refractivity contribution < 1.29 is 34.1 Å². The van der Waals surface area contributed by atoms with Crippen molar-refractivity contribution in [1.29, 1.82) is 0 Å². The molecule has 0 radical (unpaired) electrons. The Morgan fingerprint density at radius 3 is 2.19 bits per heavy atom. The number of rotatable bonds is 10. The van der Waals surface area contributed by atoms with Crippen LogP contribution in [0.3, 0.4) is 0 Å². The molecule has 2 aromatic rings. The Morgan fingerprint density at radius 2 is 1.61 bits per heavy atom. The van der Waals surface area contributed by atoms with E-state index in [2.05, 4.69) is 22.8 Å². The van der Waals surface area contributed by atoms with Crippen molar-refractivity contribution in [2.24, 2.45) is 0 Å². The molecule has 2 amide bonds. The van der Waals surface area contributed by atoms with Crippen LogP contribution in [0, 0.1) is 0 Å². The zero-order valence-electron chi connectivity index (χ0n) is 16.7. The van der Waals surface area contributed by atoms with Crippen LogP contribution in [0.25, 0.3) is 11.1 Å². The number of carboxylic acids is 1. The van der Waals surface area contributed by atoms with Crippen LogP contribution in [0.4, 0.5) is 4.79 Å². The van der Waals surface area contributed by atoms with Gasteiger partial charge in [-0.05, 0) is 22.3 Å². The molecule has 9 nitrogen and oxygen atoms in total. The lowest BCUT2D eigenvalue weighted by Gasteiger charge is -2.14. The highest BCUT2D eigenvalue weighted by Gasteiger charge is 2.28. The number of benzene rings is 2. The monoisotopic (exact) mass is 428 g/mol. The second-order valence-corrected chi connectivity index (χ2v) is 6.95. The average molecular weight is 428 g/mol.